The number of likely N-dealkylation sites (tertiary alicyclic amines) is 1. The molecule has 1 N–H and O–H groups in total. The van der Waals surface area contributed by atoms with E-state index in [1.54, 1.807) is 0 Å². The number of hydrogen-bond donors (Lipinski definition) is 1. The van der Waals surface area contributed by atoms with E-state index in [4.69, 9.17) is 4.74 Å². The molecule has 1 fully saturated rings. The van der Waals surface area contributed by atoms with Crippen molar-refractivity contribution in [2.75, 3.05) is 13.6 Å². The third-order valence-electron chi connectivity index (χ3n) is 5.97. The quantitative estimate of drug-likeness (QED) is 0.426. The zero-order valence-corrected chi connectivity index (χ0v) is 16.2. The van der Waals surface area contributed by atoms with Crippen molar-refractivity contribution in [1.82, 2.24) is 4.90 Å². The van der Waals surface area contributed by atoms with Crippen LogP contribution in [0.1, 0.15) is 17.5 Å². The summed E-state index contributed by atoms with van der Waals surface area (Å²) in [4.78, 5) is 2.48. The summed E-state index contributed by atoms with van der Waals surface area (Å²) in [6.45, 7) is 1.08. The van der Waals surface area contributed by atoms with Crippen LogP contribution in [0, 0.1) is 43.1 Å². The minimum absolute atomic E-state index is 0. The van der Waals surface area contributed by atoms with Crippen molar-refractivity contribution in [3.63, 3.8) is 0 Å². The molecule has 5 atom stereocenters. The normalized spacial score (nSPS) is 42.0. The molecular weight excluding hydrogens is 488 g/mol. The molecule has 3 nitrogen and oxygen atoms in total. The van der Waals surface area contributed by atoms with Gasteiger partial charge < -0.3 is 14.7 Å². The van der Waals surface area contributed by atoms with E-state index in [0.717, 1.165) is 25.1 Å². The van der Waals surface area contributed by atoms with Crippen LogP contribution in [0.3, 0.4) is 0 Å². The van der Waals surface area contributed by atoms with E-state index >= 15 is 0 Å². The van der Waals surface area contributed by atoms with Crippen molar-refractivity contribution in [3.05, 3.63) is 41.5 Å². The van der Waals surface area contributed by atoms with E-state index in [1.807, 2.05) is 12.1 Å². The van der Waals surface area contributed by atoms with Gasteiger partial charge >= 0.3 is 0 Å². The number of nitrogens with zero attached hydrogens (tertiary/aromatic N) is 1. The van der Waals surface area contributed by atoms with Gasteiger partial charge in [0.2, 0.25) is 0 Å². The van der Waals surface area contributed by atoms with Gasteiger partial charge in [0.15, 0.2) is 0 Å². The first-order valence-electron chi connectivity index (χ1n) is 7.49. The summed E-state index contributed by atoms with van der Waals surface area (Å²) in [6, 6.07) is 7.95. The SMILES string of the molecule is CN1CCC23c4c5[c-]ccc4CC1C2C=CC(O)C3O5.[U]. The Balaban J connectivity index is 0.00000115. The molecular formula is C17H18NO2U-. The minimum atomic E-state index is -0.498. The van der Waals surface area contributed by atoms with Crippen LogP contribution >= 0.6 is 0 Å². The molecule has 0 saturated carbocycles. The van der Waals surface area contributed by atoms with E-state index in [1.165, 1.54) is 11.1 Å². The van der Waals surface area contributed by atoms with Gasteiger partial charge in [-0.1, -0.05) is 12.2 Å². The number of rotatable bonds is 0. The zero-order chi connectivity index (χ0) is 13.5. The van der Waals surface area contributed by atoms with E-state index in [0.29, 0.717) is 12.0 Å². The second-order valence-electron chi connectivity index (χ2n) is 6.69. The average Bonchev–Trinajstić information content (AvgIpc) is 2.79. The van der Waals surface area contributed by atoms with Crippen LogP contribution in [0.5, 0.6) is 5.75 Å². The summed E-state index contributed by atoms with van der Waals surface area (Å²) >= 11 is 0. The molecule has 108 valence electrons. The predicted octanol–water partition coefficient (Wildman–Crippen LogP) is 1.29. The number of piperidine rings is 1. The maximum absolute atomic E-state index is 10.4. The first kappa shape index (κ1) is 14.3. The zero-order valence-electron chi connectivity index (χ0n) is 12.0. The number of aliphatic hydroxyl groups excluding tert-OH is 1. The van der Waals surface area contributed by atoms with Crippen molar-refractivity contribution in [2.24, 2.45) is 5.92 Å². The first-order chi connectivity index (χ1) is 9.72. The van der Waals surface area contributed by atoms with Gasteiger partial charge in [0.05, 0.1) is 0 Å². The van der Waals surface area contributed by atoms with Crippen molar-refractivity contribution >= 4 is 0 Å². The summed E-state index contributed by atoms with van der Waals surface area (Å²) in [5, 5.41) is 10.4. The summed E-state index contributed by atoms with van der Waals surface area (Å²) in [6.07, 6.45) is 5.71. The van der Waals surface area contributed by atoms with Crippen LogP contribution in [0.25, 0.3) is 0 Å². The summed E-state index contributed by atoms with van der Waals surface area (Å²) in [7, 11) is 2.22. The molecule has 0 radical (unpaired) electrons. The molecule has 2 aliphatic carbocycles. The predicted molar refractivity (Wildman–Crippen MR) is 74.7 cm³/mol. The number of ether oxygens (including phenoxy) is 1. The molecule has 5 unspecified atom stereocenters. The second kappa shape index (κ2) is 4.62. The van der Waals surface area contributed by atoms with Gasteiger partial charge in [-0.3, -0.25) is 0 Å². The van der Waals surface area contributed by atoms with Gasteiger partial charge in [-0.2, -0.15) is 12.1 Å². The third-order valence-corrected chi connectivity index (χ3v) is 5.97. The average molecular weight is 506 g/mol. The van der Waals surface area contributed by atoms with Crippen LogP contribution in [-0.2, 0) is 11.8 Å². The topological polar surface area (TPSA) is 32.7 Å². The van der Waals surface area contributed by atoms with Crippen molar-refractivity contribution in [1.29, 1.82) is 0 Å². The van der Waals surface area contributed by atoms with Crippen molar-refractivity contribution < 1.29 is 41.0 Å². The summed E-state index contributed by atoms with van der Waals surface area (Å²) in [5.74, 6) is 1.35. The molecule has 21 heavy (non-hydrogen) atoms. The fraction of sp³-hybridized carbons (Fsp3) is 0.529. The van der Waals surface area contributed by atoms with E-state index in [-0.39, 0.29) is 42.6 Å². The standard InChI is InChI=1S/C17H18NO2.U/c1-18-8-7-17-11-5-6-13(19)16(17)20-14-4-2-3-10(15(14)17)9-12(11)18;/h2-3,5-6,11-13,16,19H,7-9H2,1H3;/q-1;. The fourth-order valence-electron chi connectivity index (χ4n) is 5.12. The van der Waals surface area contributed by atoms with Gasteiger partial charge in [0.1, 0.15) is 12.2 Å². The molecule has 2 aliphatic heterocycles. The smallest absolute Gasteiger partial charge is 0.125 e. The van der Waals surface area contributed by atoms with Gasteiger partial charge in [0.25, 0.3) is 0 Å². The number of aliphatic hydroxyl groups is 1. The minimum Gasteiger partial charge on any atom is -0.513 e. The van der Waals surface area contributed by atoms with Crippen LogP contribution in [0.15, 0.2) is 24.3 Å². The van der Waals surface area contributed by atoms with Crippen molar-refractivity contribution in [2.45, 2.75) is 36.5 Å². The molecule has 1 spiro atoms. The molecule has 1 aromatic carbocycles. The Bertz CT molecular complexity index is 631. The van der Waals surface area contributed by atoms with Crippen LogP contribution in [0.2, 0.25) is 0 Å². The molecule has 5 rings (SSSR count). The van der Waals surface area contributed by atoms with Gasteiger partial charge in [0, 0.05) is 48.3 Å². The molecule has 4 heteroatoms. The summed E-state index contributed by atoms with van der Waals surface area (Å²) in [5.41, 5.74) is 2.73. The third kappa shape index (κ3) is 1.58. The van der Waals surface area contributed by atoms with E-state index in [2.05, 4.69) is 30.2 Å². The maximum Gasteiger partial charge on any atom is 0.125 e. The van der Waals surface area contributed by atoms with Crippen LogP contribution in [-0.4, -0.2) is 41.8 Å². The largest absolute Gasteiger partial charge is 0.513 e. The van der Waals surface area contributed by atoms with E-state index < -0.39 is 6.10 Å². The number of likely N-dealkylation sites (N-methyl/N-ethyl adjacent to an activating group) is 1. The van der Waals surface area contributed by atoms with E-state index in [9.17, 15) is 5.11 Å². The Kier molecular flexibility index (Phi) is 3.15. The van der Waals surface area contributed by atoms with Crippen LogP contribution in [0.4, 0.5) is 0 Å². The molecule has 2 heterocycles. The van der Waals surface area contributed by atoms with Gasteiger partial charge in [-0.05, 0) is 32.4 Å². The molecule has 0 amide bonds. The van der Waals surface area contributed by atoms with Crippen LogP contribution < -0.4 is 4.74 Å². The van der Waals surface area contributed by atoms with Gasteiger partial charge in [-0.15, -0.1) is 17.2 Å². The molecule has 1 aromatic rings. The Labute approximate surface area is 148 Å². The fourth-order valence-corrected chi connectivity index (χ4v) is 5.12. The molecule has 1 saturated heterocycles. The molecule has 4 aliphatic rings. The van der Waals surface area contributed by atoms with Crippen molar-refractivity contribution in [3.8, 4) is 5.75 Å². The number of hydrogen-bond acceptors (Lipinski definition) is 3. The molecule has 2 bridgehead atoms. The maximum atomic E-state index is 10.4. The first-order valence-corrected chi connectivity index (χ1v) is 7.49. The monoisotopic (exact) mass is 506 g/mol. The number of benzene rings is 1. The Morgan fingerprint density at radius 3 is 3.14 bits per heavy atom. The Morgan fingerprint density at radius 2 is 2.29 bits per heavy atom. The Morgan fingerprint density at radius 1 is 1.43 bits per heavy atom. The Hall–Kier alpha value is -0.268. The second-order valence-corrected chi connectivity index (χ2v) is 6.69. The molecule has 0 aromatic heterocycles. The summed E-state index contributed by atoms with van der Waals surface area (Å²) < 4.78 is 6.15. The van der Waals surface area contributed by atoms with Gasteiger partial charge in [-0.25, -0.2) is 0 Å².